The van der Waals surface area contributed by atoms with Crippen LogP contribution in [-0.4, -0.2) is 11.0 Å². The molecule has 2 rings (SSSR count). The van der Waals surface area contributed by atoms with Crippen LogP contribution in [0, 0.1) is 11.3 Å². The molecule has 0 fully saturated rings. The number of amides is 1. The molecule has 0 heterocycles. The number of phenols is 1. The molecule has 0 bridgehead atoms. The quantitative estimate of drug-likeness (QED) is 0.893. The number of carbonyl (C=O) groups excluding carboxylic acids is 1. The van der Waals surface area contributed by atoms with Gasteiger partial charge < -0.3 is 10.4 Å². The minimum atomic E-state index is -0.349. The van der Waals surface area contributed by atoms with E-state index in [0.29, 0.717) is 21.3 Å². The first kappa shape index (κ1) is 13.1. The maximum Gasteiger partial charge on any atom is 0.255 e. The summed E-state index contributed by atoms with van der Waals surface area (Å²) in [7, 11) is 0. The van der Waals surface area contributed by atoms with Crippen molar-refractivity contribution in [3.63, 3.8) is 0 Å². The second-order valence-corrected chi connectivity index (χ2v) is 4.67. The van der Waals surface area contributed by atoms with Gasteiger partial charge in [-0.15, -0.1) is 0 Å². The largest absolute Gasteiger partial charge is 0.507 e. The smallest absolute Gasteiger partial charge is 0.255 e. The van der Waals surface area contributed by atoms with E-state index in [2.05, 4.69) is 21.2 Å². The molecule has 0 aliphatic heterocycles. The van der Waals surface area contributed by atoms with Crippen LogP contribution in [0.5, 0.6) is 5.75 Å². The molecule has 0 aliphatic carbocycles. The molecule has 0 saturated heterocycles. The standard InChI is InChI=1S/C14H9BrN2O2/c15-12-5-4-10(7-13(12)18)14(19)17-11-3-1-2-9(6-11)8-16/h1-7,18H,(H,17,19). The molecule has 2 aromatic rings. The van der Waals surface area contributed by atoms with Crippen LogP contribution >= 0.6 is 15.9 Å². The van der Waals surface area contributed by atoms with Crippen LogP contribution in [0.1, 0.15) is 15.9 Å². The predicted octanol–water partition coefficient (Wildman–Crippen LogP) is 3.28. The Morgan fingerprint density at radius 1 is 1.26 bits per heavy atom. The molecule has 94 valence electrons. The SMILES string of the molecule is N#Cc1cccc(NC(=O)c2ccc(Br)c(O)c2)c1. The van der Waals surface area contributed by atoms with Crippen molar-refractivity contribution in [1.29, 1.82) is 5.26 Å². The van der Waals surface area contributed by atoms with E-state index >= 15 is 0 Å². The number of nitrogens with one attached hydrogen (secondary N) is 1. The topological polar surface area (TPSA) is 73.1 Å². The maximum atomic E-state index is 12.0. The van der Waals surface area contributed by atoms with Crippen molar-refractivity contribution in [3.05, 3.63) is 58.1 Å². The van der Waals surface area contributed by atoms with Crippen LogP contribution in [0.3, 0.4) is 0 Å². The summed E-state index contributed by atoms with van der Waals surface area (Å²) in [5.41, 5.74) is 1.34. The third-order valence-corrected chi connectivity index (χ3v) is 3.13. The van der Waals surface area contributed by atoms with Gasteiger partial charge in [0.1, 0.15) is 5.75 Å². The second-order valence-electron chi connectivity index (χ2n) is 3.81. The van der Waals surface area contributed by atoms with Crippen molar-refractivity contribution < 1.29 is 9.90 Å². The number of aromatic hydroxyl groups is 1. The third-order valence-electron chi connectivity index (χ3n) is 2.46. The molecular weight excluding hydrogens is 308 g/mol. The van der Waals surface area contributed by atoms with Gasteiger partial charge in [-0.25, -0.2) is 0 Å². The minimum Gasteiger partial charge on any atom is -0.507 e. The van der Waals surface area contributed by atoms with Crippen LogP contribution in [0.2, 0.25) is 0 Å². The first-order valence-corrected chi connectivity index (χ1v) is 6.19. The fraction of sp³-hybridized carbons (Fsp3) is 0. The Bertz CT molecular complexity index is 677. The lowest BCUT2D eigenvalue weighted by atomic mass is 10.2. The molecule has 2 aromatic carbocycles. The number of hydrogen-bond donors (Lipinski definition) is 2. The minimum absolute atomic E-state index is 0.00146. The van der Waals surface area contributed by atoms with Gasteiger partial charge in [0, 0.05) is 11.3 Å². The zero-order valence-corrected chi connectivity index (χ0v) is 11.3. The van der Waals surface area contributed by atoms with E-state index in [-0.39, 0.29) is 11.7 Å². The highest BCUT2D eigenvalue weighted by molar-refractivity contribution is 9.10. The molecule has 0 unspecified atom stereocenters. The summed E-state index contributed by atoms with van der Waals surface area (Å²) in [5, 5.41) is 21.0. The second kappa shape index (κ2) is 5.55. The Morgan fingerprint density at radius 2 is 2.05 bits per heavy atom. The van der Waals surface area contributed by atoms with E-state index in [1.807, 2.05) is 6.07 Å². The Balaban J connectivity index is 2.21. The van der Waals surface area contributed by atoms with Crippen molar-refractivity contribution in [3.8, 4) is 11.8 Å². The van der Waals surface area contributed by atoms with Crippen LogP contribution in [0.4, 0.5) is 5.69 Å². The Hall–Kier alpha value is -2.32. The van der Waals surface area contributed by atoms with E-state index in [4.69, 9.17) is 5.26 Å². The molecule has 4 nitrogen and oxygen atoms in total. The van der Waals surface area contributed by atoms with Crippen molar-refractivity contribution >= 4 is 27.5 Å². The average molecular weight is 317 g/mol. The van der Waals surface area contributed by atoms with Crippen molar-refractivity contribution in [1.82, 2.24) is 0 Å². The van der Waals surface area contributed by atoms with Gasteiger partial charge in [-0.1, -0.05) is 6.07 Å². The monoisotopic (exact) mass is 316 g/mol. The molecule has 0 radical (unpaired) electrons. The van der Waals surface area contributed by atoms with E-state index in [1.54, 1.807) is 36.4 Å². The van der Waals surface area contributed by atoms with E-state index in [1.165, 1.54) is 6.07 Å². The molecule has 0 aromatic heterocycles. The molecule has 2 N–H and O–H groups in total. The Labute approximate surface area is 118 Å². The molecule has 0 spiro atoms. The lowest BCUT2D eigenvalue weighted by Crippen LogP contribution is -2.11. The van der Waals surface area contributed by atoms with Gasteiger partial charge in [-0.3, -0.25) is 4.79 Å². The van der Waals surface area contributed by atoms with Crippen molar-refractivity contribution in [2.75, 3.05) is 5.32 Å². The molecular formula is C14H9BrN2O2. The zero-order valence-electron chi connectivity index (χ0n) is 9.72. The van der Waals surface area contributed by atoms with E-state index in [9.17, 15) is 9.90 Å². The van der Waals surface area contributed by atoms with Gasteiger partial charge in [-0.05, 0) is 52.3 Å². The highest BCUT2D eigenvalue weighted by Crippen LogP contribution is 2.24. The highest BCUT2D eigenvalue weighted by atomic mass is 79.9. The molecule has 0 saturated carbocycles. The fourth-order valence-electron chi connectivity index (χ4n) is 1.52. The van der Waals surface area contributed by atoms with Crippen LogP contribution in [0.25, 0.3) is 0 Å². The lowest BCUT2D eigenvalue weighted by Gasteiger charge is -2.06. The predicted molar refractivity (Wildman–Crippen MR) is 74.9 cm³/mol. The van der Waals surface area contributed by atoms with Gasteiger partial charge in [-0.2, -0.15) is 5.26 Å². The number of hydrogen-bond acceptors (Lipinski definition) is 3. The normalized spacial score (nSPS) is 9.68. The number of rotatable bonds is 2. The van der Waals surface area contributed by atoms with Crippen LogP contribution < -0.4 is 5.32 Å². The maximum absolute atomic E-state index is 12.0. The summed E-state index contributed by atoms with van der Waals surface area (Å²) in [4.78, 5) is 12.0. The number of nitrogens with zero attached hydrogens (tertiary/aromatic N) is 1. The summed E-state index contributed by atoms with van der Waals surface area (Å²) in [5.74, 6) is -0.351. The first-order valence-electron chi connectivity index (χ1n) is 5.40. The third kappa shape index (κ3) is 3.12. The zero-order chi connectivity index (χ0) is 13.8. The number of halogens is 1. The van der Waals surface area contributed by atoms with E-state index in [0.717, 1.165) is 0 Å². The number of anilines is 1. The molecule has 0 aliphatic rings. The Kier molecular flexibility index (Phi) is 3.83. The molecule has 5 heteroatoms. The summed E-state index contributed by atoms with van der Waals surface area (Å²) < 4.78 is 0.524. The van der Waals surface area contributed by atoms with Gasteiger partial charge in [0.05, 0.1) is 16.1 Å². The highest BCUT2D eigenvalue weighted by Gasteiger charge is 2.08. The van der Waals surface area contributed by atoms with E-state index < -0.39 is 0 Å². The van der Waals surface area contributed by atoms with Crippen molar-refractivity contribution in [2.45, 2.75) is 0 Å². The first-order chi connectivity index (χ1) is 9.10. The van der Waals surface area contributed by atoms with Crippen LogP contribution in [-0.2, 0) is 0 Å². The number of nitriles is 1. The lowest BCUT2D eigenvalue weighted by molar-refractivity contribution is 0.102. The summed E-state index contributed by atoms with van der Waals surface area (Å²) >= 11 is 3.15. The van der Waals surface area contributed by atoms with Gasteiger partial charge >= 0.3 is 0 Å². The van der Waals surface area contributed by atoms with Crippen molar-refractivity contribution in [2.24, 2.45) is 0 Å². The van der Waals surface area contributed by atoms with Gasteiger partial charge in [0.2, 0.25) is 0 Å². The fourth-order valence-corrected chi connectivity index (χ4v) is 1.77. The number of phenolic OH excluding ortho intramolecular Hbond substituents is 1. The Morgan fingerprint density at radius 3 is 2.74 bits per heavy atom. The summed E-state index contributed by atoms with van der Waals surface area (Å²) in [6.45, 7) is 0. The number of carbonyl (C=O) groups is 1. The molecule has 1 amide bonds. The molecule has 19 heavy (non-hydrogen) atoms. The van der Waals surface area contributed by atoms with Gasteiger partial charge in [0.25, 0.3) is 5.91 Å². The summed E-state index contributed by atoms with van der Waals surface area (Å²) in [6.07, 6.45) is 0. The summed E-state index contributed by atoms with van der Waals surface area (Å²) in [6, 6.07) is 13.2. The van der Waals surface area contributed by atoms with Crippen LogP contribution in [0.15, 0.2) is 46.9 Å². The van der Waals surface area contributed by atoms with Gasteiger partial charge in [0.15, 0.2) is 0 Å². The average Bonchev–Trinajstić information content (AvgIpc) is 2.42. The number of benzene rings is 2. The molecule has 0 atom stereocenters.